The van der Waals surface area contributed by atoms with Gasteiger partial charge in [0, 0.05) is 23.7 Å². The second kappa shape index (κ2) is 8.23. The van der Waals surface area contributed by atoms with Crippen LogP contribution in [0.25, 0.3) is 0 Å². The van der Waals surface area contributed by atoms with E-state index in [1.54, 1.807) is 0 Å². The summed E-state index contributed by atoms with van der Waals surface area (Å²) in [6, 6.07) is 13.5. The highest BCUT2D eigenvalue weighted by molar-refractivity contribution is 5.94. The zero-order valence-corrected chi connectivity index (χ0v) is 16.4. The van der Waals surface area contributed by atoms with Crippen LogP contribution in [0.5, 0.6) is 5.75 Å². The van der Waals surface area contributed by atoms with Gasteiger partial charge in [-0.2, -0.15) is 0 Å². The predicted molar refractivity (Wildman–Crippen MR) is 107 cm³/mol. The minimum Gasteiger partial charge on any atom is -0.484 e. The van der Waals surface area contributed by atoms with Crippen LogP contribution in [0.15, 0.2) is 48.5 Å². The Bertz CT molecular complexity index is 885. The maximum absolute atomic E-state index is 13.0. The fourth-order valence-corrected chi connectivity index (χ4v) is 4.50. The van der Waals surface area contributed by atoms with E-state index in [0.717, 1.165) is 31.2 Å². The molecule has 1 N–H and O–H groups in total. The number of carbonyl (C=O) groups is 2. The number of hydrogen-bond donors (Lipinski definition) is 1. The minimum atomic E-state index is -0.362. The van der Waals surface area contributed by atoms with Crippen LogP contribution in [0, 0.1) is 12.7 Å². The standard InChI is InChI=1S/C23H25FN2O3/c1-15-3-2-4-21(11-15)29-14-22(27)26-19-9-10-20(26)13-18(12-19)25-23(28)16-5-7-17(24)8-6-16/h2-8,11,18-20H,9-10,12-14H2,1H3,(H,25,28)/t18?,19-,20+. The molecule has 2 saturated heterocycles. The molecule has 2 aliphatic heterocycles. The van der Waals surface area contributed by atoms with Crippen molar-refractivity contribution >= 4 is 11.8 Å². The van der Waals surface area contributed by atoms with Crippen LogP contribution < -0.4 is 10.1 Å². The lowest BCUT2D eigenvalue weighted by Crippen LogP contribution is -2.53. The number of nitrogens with zero attached hydrogens (tertiary/aromatic N) is 1. The average Bonchev–Trinajstić information content (AvgIpc) is 2.97. The van der Waals surface area contributed by atoms with Crippen molar-refractivity contribution in [3.8, 4) is 5.75 Å². The summed E-state index contributed by atoms with van der Waals surface area (Å²) in [5, 5.41) is 3.05. The molecule has 2 bridgehead atoms. The van der Waals surface area contributed by atoms with Gasteiger partial charge in [0.25, 0.3) is 11.8 Å². The summed E-state index contributed by atoms with van der Waals surface area (Å²) in [5.41, 5.74) is 1.54. The largest absolute Gasteiger partial charge is 0.484 e. The third kappa shape index (κ3) is 4.42. The minimum absolute atomic E-state index is 0.00215. The van der Waals surface area contributed by atoms with Crippen molar-refractivity contribution in [2.24, 2.45) is 0 Å². The normalized spacial score (nSPS) is 23.0. The molecule has 3 atom stereocenters. The molecular formula is C23H25FN2O3. The van der Waals surface area contributed by atoms with Gasteiger partial charge in [-0.1, -0.05) is 12.1 Å². The lowest BCUT2D eigenvalue weighted by molar-refractivity contribution is -0.138. The lowest BCUT2D eigenvalue weighted by atomic mass is 9.96. The summed E-state index contributed by atoms with van der Waals surface area (Å²) in [6.07, 6.45) is 3.37. The van der Waals surface area contributed by atoms with Crippen molar-refractivity contribution in [3.05, 3.63) is 65.5 Å². The van der Waals surface area contributed by atoms with E-state index in [2.05, 4.69) is 5.32 Å². The summed E-state index contributed by atoms with van der Waals surface area (Å²) < 4.78 is 18.7. The number of carbonyl (C=O) groups excluding carboxylic acids is 2. The first-order valence-corrected chi connectivity index (χ1v) is 10.1. The van der Waals surface area contributed by atoms with E-state index in [-0.39, 0.29) is 42.4 Å². The van der Waals surface area contributed by atoms with Gasteiger partial charge in [-0.3, -0.25) is 9.59 Å². The molecule has 2 aromatic rings. The summed E-state index contributed by atoms with van der Waals surface area (Å²) in [5.74, 6) is 0.144. The number of aryl methyl sites for hydroxylation is 1. The van der Waals surface area contributed by atoms with E-state index in [1.165, 1.54) is 24.3 Å². The van der Waals surface area contributed by atoms with Gasteiger partial charge in [0.15, 0.2) is 6.61 Å². The highest BCUT2D eigenvalue weighted by atomic mass is 19.1. The summed E-state index contributed by atoms with van der Waals surface area (Å²) >= 11 is 0. The third-order valence-electron chi connectivity index (χ3n) is 5.81. The quantitative estimate of drug-likeness (QED) is 0.842. The zero-order valence-electron chi connectivity index (χ0n) is 16.4. The Labute approximate surface area is 169 Å². The second-order valence-corrected chi connectivity index (χ2v) is 7.94. The van der Waals surface area contributed by atoms with Gasteiger partial charge in [0.2, 0.25) is 0 Å². The first kappa shape index (κ1) is 19.4. The number of fused-ring (bicyclic) bond motifs is 2. The third-order valence-corrected chi connectivity index (χ3v) is 5.81. The Hall–Kier alpha value is -2.89. The molecule has 0 radical (unpaired) electrons. The van der Waals surface area contributed by atoms with E-state index in [4.69, 9.17) is 4.74 Å². The van der Waals surface area contributed by atoms with E-state index >= 15 is 0 Å². The number of amides is 2. The topological polar surface area (TPSA) is 58.6 Å². The lowest BCUT2D eigenvalue weighted by Gasteiger charge is -2.39. The maximum Gasteiger partial charge on any atom is 0.261 e. The molecule has 2 aliphatic rings. The second-order valence-electron chi connectivity index (χ2n) is 7.94. The van der Waals surface area contributed by atoms with Crippen molar-refractivity contribution in [1.82, 2.24) is 10.2 Å². The summed E-state index contributed by atoms with van der Waals surface area (Å²) in [6.45, 7) is 2.02. The number of halogens is 1. The fourth-order valence-electron chi connectivity index (χ4n) is 4.50. The highest BCUT2D eigenvalue weighted by Crippen LogP contribution is 2.36. The molecule has 2 fully saturated rings. The number of ether oxygens (including phenoxy) is 1. The van der Waals surface area contributed by atoms with Gasteiger partial charge in [0.1, 0.15) is 11.6 Å². The maximum atomic E-state index is 13.0. The van der Waals surface area contributed by atoms with Crippen LogP contribution in [0.2, 0.25) is 0 Å². The molecule has 29 heavy (non-hydrogen) atoms. The number of hydrogen-bond acceptors (Lipinski definition) is 3. The van der Waals surface area contributed by atoms with Crippen molar-refractivity contribution in [2.75, 3.05) is 6.61 Å². The van der Waals surface area contributed by atoms with Gasteiger partial charge in [-0.05, 0) is 74.6 Å². The van der Waals surface area contributed by atoms with Crippen LogP contribution >= 0.6 is 0 Å². The van der Waals surface area contributed by atoms with Gasteiger partial charge < -0.3 is 15.0 Å². The predicted octanol–water partition coefficient (Wildman–Crippen LogP) is 3.46. The van der Waals surface area contributed by atoms with Crippen molar-refractivity contribution < 1.29 is 18.7 Å². The molecule has 4 rings (SSSR count). The molecule has 0 spiro atoms. The first-order valence-electron chi connectivity index (χ1n) is 10.1. The Morgan fingerprint density at radius 2 is 1.79 bits per heavy atom. The van der Waals surface area contributed by atoms with Crippen molar-refractivity contribution in [3.63, 3.8) is 0 Å². The smallest absolute Gasteiger partial charge is 0.261 e. The molecule has 1 unspecified atom stereocenters. The number of piperidine rings is 1. The zero-order chi connectivity index (χ0) is 20.4. The van der Waals surface area contributed by atoms with E-state index < -0.39 is 0 Å². The highest BCUT2D eigenvalue weighted by Gasteiger charge is 2.43. The molecule has 2 heterocycles. The van der Waals surface area contributed by atoms with Crippen LogP contribution in [-0.2, 0) is 4.79 Å². The Balaban J connectivity index is 1.33. The summed E-state index contributed by atoms with van der Waals surface area (Å²) in [7, 11) is 0. The Kier molecular flexibility index (Phi) is 5.51. The van der Waals surface area contributed by atoms with Crippen LogP contribution in [0.4, 0.5) is 4.39 Å². The number of benzene rings is 2. The molecule has 152 valence electrons. The molecular weight excluding hydrogens is 371 g/mol. The monoisotopic (exact) mass is 396 g/mol. The van der Waals surface area contributed by atoms with Crippen molar-refractivity contribution in [1.29, 1.82) is 0 Å². The van der Waals surface area contributed by atoms with E-state index in [1.807, 2.05) is 36.1 Å². The molecule has 6 heteroatoms. The summed E-state index contributed by atoms with van der Waals surface area (Å²) in [4.78, 5) is 27.2. The van der Waals surface area contributed by atoms with Crippen LogP contribution in [0.1, 0.15) is 41.6 Å². The molecule has 0 saturated carbocycles. The number of nitrogens with one attached hydrogen (secondary N) is 1. The molecule has 5 nitrogen and oxygen atoms in total. The van der Waals surface area contributed by atoms with Crippen LogP contribution in [-0.4, -0.2) is 41.4 Å². The number of rotatable bonds is 5. The van der Waals surface area contributed by atoms with E-state index in [9.17, 15) is 14.0 Å². The van der Waals surface area contributed by atoms with Crippen molar-refractivity contribution in [2.45, 2.75) is 50.7 Å². The molecule has 2 aromatic carbocycles. The first-order chi connectivity index (χ1) is 14.0. The average molecular weight is 396 g/mol. The fraction of sp³-hybridized carbons (Fsp3) is 0.391. The van der Waals surface area contributed by atoms with Gasteiger partial charge >= 0.3 is 0 Å². The Morgan fingerprint density at radius 3 is 2.45 bits per heavy atom. The Morgan fingerprint density at radius 1 is 1.10 bits per heavy atom. The van der Waals surface area contributed by atoms with Crippen LogP contribution in [0.3, 0.4) is 0 Å². The SMILES string of the molecule is Cc1cccc(OCC(=O)N2[C@@H]3CC[C@H]2CC(NC(=O)c2ccc(F)cc2)C3)c1. The molecule has 0 aromatic heterocycles. The van der Waals surface area contributed by atoms with Gasteiger partial charge in [-0.15, -0.1) is 0 Å². The molecule has 0 aliphatic carbocycles. The van der Waals surface area contributed by atoms with E-state index in [0.29, 0.717) is 11.3 Å². The van der Waals surface area contributed by atoms with Gasteiger partial charge in [0.05, 0.1) is 0 Å². The van der Waals surface area contributed by atoms with Gasteiger partial charge in [-0.25, -0.2) is 4.39 Å². The molecule has 2 amide bonds.